The van der Waals surface area contributed by atoms with E-state index in [1.807, 2.05) is 14.0 Å². The molecule has 1 fully saturated rings. The first-order chi connectivity index (χ1) is 8.47. The summed E-state index contributed by atoms with van der Waals surface area (Å²) in [5.41, 5.74) is 8.47. The quantitative estimate of drug-likeness (QED) is 0.879. The van der Waals surface area contributed by atoms with E-state index < -0.39 is 0 Å². The molecule has 18 heavy (non-hydrogen) atoms. The number of nitrogens with zero attached hydrogens (tertiary/aromatic N) is 3. The molecule has 102 valence electrons. The Bertz CT molecular complexity index is 427. The first kappa shape index (κ1) is 13.4. The van der Waals surface area contributed by atoms with Crippen LogP contribution in [0.2, 0.25) is 0 Å². The van der Waals surface area contributed by atoms with Crippen LogP contribution in [0.4, 0.5) is 0 Å². The van der Waals surface area contributed by atoms with Crippen LogP contribution in [-0.4, -0.2) is 40.4 Å². The van der Waals surface area contributed by atoms with E-state index in [0.717, 1.165) is 30.1 Å². The van der Waals surface area contributed by atoms with Gasteiger partial charge < -0.3 is 10.5 Å². The smallest absolute Gasteiger partial charge is 0.216 e. The predicted octanol–water partition coefficient (Wildman–Crippen LogP) is 1.22. The molecule has 0 amide bonds. The Kier molecular flexibility index (Phi) is 3.64. The van der Waals surface area contributed by atoms with Crippen molar-refractivity contribution in [2.75, 3.05) is 13.7 Å². The van der Waals surface area contributed by atoms with E-state index in [2.05, 4.69) is 23.8 Å². The summed E-state index contributed by atoms with van der Waals surface area (Å²) in [6, 6.07) is 0.853. The van der Waals surface area contributed by atoms with E-state index in [-0.39, 0.29) is 12.1 Å². The fraction of sp³-hybridized carbons (Fsp3) is 0.769. The number of hydrogen-bond donors (Lipinski definition) is 1. The molecule has 2 heterocycles. The molecule has 1 saturated heterocycles. The van der Waals surface area contributed by atoms with Gasteiger partial charge in [0.2, 0.25) is 5.88 Å². The highest BCUT2D eigenvalue weighted by Crippen LogP contribution is 2.39. The number of ether oxygens (including phenoxy) is 1. The number of rotatable bonds is 3. The summed E-state index contributed by atoms with van der Waals surface area (Å²) in [4.78, 5) is 2.44. The minimum atomic E-state index is 0.157. The Hall–Kier alpha value is -1.07. The summed E-state index contributed by atoms with van der Waals surface area (Å²) >= 11 is 0. The van der Waals surface area contributed by atoms with E-state index in [4.69, 9.17) is 10.5 Å². The molecule has 0 spiro atoms. The van der Waals surface area contributed by atoms with Crippen molar-refractivity contribution in [1.82, 2.24) is 14.7 Å². The van der Waals surface area contributed by atoms with Crippen LogP contribution in [0.25, 0.3) is 0 Å². The third-order valence-electron chi connectivity index (χ3n) is 3.85. The summed E-state index contributed by atoms with van der Waals surface area (Å²) in [6.45, 7) is 7.49. The highest BCUT2D eigenvalue weighted by molar-refractivity contribution is 5.36. The normalized spacial score (nSPS) is 25.1. The first-order valence-electron chi connectivity index (χ1n) is 6.56. The van der Waals surface area contributed by atoms with Gasteiger partial charge in [0, 0.05) is 25.7 Å². The minimum absolute atomic E-state index is 0.157. The summed E-state index contributed by atoms with van der Waals surface area (Å²) in [7, 11) is 3.61. The zero-order valence-corrected chi connectivity index (χ0v) is 12.0. The lowest BCUT2D eigenvalue weighted by molar-refractivity contribution is 0.193. The zero-order valence-electron chi connectivity index (χ0n) is 12.0. The molecule has 0 aromatic carbocycles. The summed E-state index contributed by atoms with van der Waals surface area (Å²) in [5.74, 6) is 0.834. The Balaban J connectivity index is 2.46. The average Bonchev–Trinajstić information content (AvgIpc) is 2.78. The monoisotopic (exact) mass is 252 g/mol. The van der Waals surface area contributed by atoms with Crippen LogP contribution < -0.4 is 10.5 Å². The predicted molar refractivity (Wildman–Crippen MR) is 71.7 cm³/mol. The highest BCUT2D eigenvalue weighted by atomic mass is 16.5. The van der Waals surface area contributed by atoms with Gasteiger partial charge in [0.15, 0.2) is 0 Å². The van der Waals surface area contributed by atoms with Gasteiger partial charge in [-0.1, -0.05) is 0 Å². The van der Waals surface area contributed by atoms with Crippen molar-refractivity contribution in [3.63, 3.8) is 0 Å². The van der Waals surface area contributed by atoms with Gasteiger partial charge >= 0.3 is 0 Å². The van der Waals surface area contributed by atoms with E-state index >= 15 is 0 Å². The molecule has 1 aromatic rings. The highest BCUT2D eigenvalue weighted by Gasteiger charge is 2.38. The molecule has 2 N–H and O–H groups in total. The second-order valence-corrected chi connectivity index (χ2v) is 5.36. The van der Waals surface area contributed by atoms with Crippen molar-refractivity contribution < 1.29 is 4.74 Å². The maximum atomic E-state index is 6.31. The maximum absolute atomic E-state index is 6.31. The van der Waals surface area contributed by atoms with Crippen LogP contribution in [0, 0.1) is 6.92 Å². The van der Waals surface area contributed by atoms with Crippen molar-refractivity contribution in [2.45, 2.75) is 45.3 Å². The summed E-state index contributed by atoms with van der Waals surface area (Å²) in [5, 5.41) is 4.46. The Morgan fingerprint density at radius 2 is 2.11 bits per heavy atom. The van der Waals surface area contributed by atoms with Gasteiger partial charge in [-0.05, 0) is 27.2 Å². The van der Waals surface area contributed by atoms with Gasteiger partial charge in [-0.3, -0.25) is 4.90 Å². The van der Waals surface area contributed by atoms with Crippen LogP contribution in [0.1, 0.15) is 37.6 Å². The van der Waals surface area contributed by atoms with Crippen LogP contribution in [-0.2, 0) is 7.05 Å². The second-order valence-electron chi connectivity index (χ2n) is 5.36. The SMILES string of the molecule is COc1c(C2C(N)CCN2C(C)C)c(C)nn1C. The van der Waals surface area contributed by atoms with Gasteiger partial charge in [0.1, 0.15) is 0 Å². The summed E-state index contributed by atoms with van der Waals surface area (Å²) < 4.78 is 7.30. The molecule has 1 aliphatic heterocycles. The van der Waals surface area contributed by atoms with Gasteiger partial charge in [-0.2, -0.15) is 5.10 Å². The summed E-state index contributed by atoms with van der Waals surface area (Å²) in [6.07, 6.45) is 1.03. The standard InChI is InChI=1S/C13H24N4O/c1-8(2)17-7-6-10(14)12(17)11-9(3)15-16(4)13(11)18-5/h8,10,12H,6-7,14H2,1-5H3. The number of nitrogens with two attached hydrogens (primary N) is 1. The third-order valence-corrected chi connectivity index (χ3v) is 3.85. The van der Waals surface area contributed by atoms with Crippen LogP contribution in [0.3, 0.4) is 0 Å². The molecule has 2 unspecified atom stereocenters. The van der Waals surface area contributed by atoms with E-state index in [1.165, 1.54) is 0 Å². The molecule has 5 nitrogen and oxygen atoms in total. The lowest BCUT2D eigenvalue weighted by Crippen LogP contribution is -2.36. The third kappa shape index (κ3) is 2.01. The minimum Gasteiger partial charge on any atom is -0.481 e. The van der Waals surface area contributed by atoms with Gasteiger partial charge in [0.25, 0.3) is 0 Å². The number of hydrogen-bond acceptors (Lipinski definition) is 4. The van der Waals surface area contributed by atoms with E-state index in [1.54, 1.807) is 11.8 Å². The molecule has 0 aliphatic carbocycles. The first-order valence-corrected chi connectivity index (χ1v) is 6.56. The zero-order chi connectivity index (χ0) is 13.4. The van der Waals surface area contributed by atoms with Crippen molar-refractivity contribution in [3.05, 3.63) is 11.3 Å². The fourth-order valence-corrected chi connectivity index (χ4v) is 3.04. The number of likely N-dealkylation sites (tertiary alicyclic amines) is 1. The van der Waals surface area contributed by atoms with Gasteiger partial charge in [0.05, 0.1) is 24.4 Å². The number of methoxy groups -OCH3 is 1. The van der Waals surface area contributed by atoms with Crippen molar-refractivity contribution >= 4 is 0 Å². The molecule has 1 aromatic heterocycles. The Labute approximate surface area is 109 Å². The fourth-order valence-electron chi connectivity index (χ4n) is 3.04. The van der Waals surface area contributed by atoms with Gasteiger partial charge in [-0.25, -0.2) is 4.68 Å². The molecule has 0 bridgehead atoms. The Morgan fingerprint density at radius 3 is 2.67 bits per heavy atom. The van der Waals surface area contributed by atoms with E-state index in [0.29, 0.717) is 6.04 Å². The van der Waals surface area contributed by atoms with Crippen LogP contribution >= 0.6 is 0 Å². The van der Waals surface area contributed by atoms with Crippen molar-refractivity contribution in [3.8, 4) is 5.88 Å². The topological polar surface area (TPSA) is 56.3 Å². The molecular weight excluding hydrogens is 228 g/mol. The second kappa shape index (κ2) is 4.90. The number of aryl methyl sites for hydroxylation is 2. The van der Waals surface area contributed by atoms with Crippen molar-refractivity contribution in [2.24, 2.45) is 12.8 Å². The Morgan fingerprint density at radius 1 is 1.44 bits per heavy atom. The number of aromatic nitrogens is 2. The molecular formula is C13H24N4O. The van der Waals surface area contributed by atoms with Crippen LogP contribution in [0.5, 0.6) is 5.88 Å². The van der Waals surface area contributed by atoms with E-state index in [9.17, 15) is 0 Å². The average molecular weight is 252 g/mol. The molecule has 5 heteroatoms. The maximum Gasteiger partial charge on any atom is 0.216 e. The molecule has 0 saturated carbocycles. The lowest BCUT2D eigenvalue weighted by atomic mass is 10.0. The largest absolute Gasteiger partial charge is 0.481 e. The molecule has 0 radical (unpaired) electrons. The molecule has 2 atom stereocenters. The van der Waals surface area contributed by atoms with Gasteiger partial charge in [-0.15, -0.1) is 0 Å². The molecule has 1 aliphatic rings. The lowest BCUT2D eigenvalue weighted by Gasteiger charge is -2.30. The van der Waals surface area contributed by atoms with Crippen molar-refractivity contribution in [1.29, 1.82) is 0 Å². The van der Waals surface area contributed by atoms with Crippen LogP contribution in [0.15, 0.2) is 0 Å². The molecule has 2 rings (SSSR count).